The second kappa shape index (κ2) is 6.00. The van der Waals surface area contributed by atoms with E-state index in [1.165, 1.54) is 0 Å². The number of hydrogen-bond donors (Lipinski definition) is 2. The highest BCUT2D eigenvalue weighted by atomic mass is 35.5. The maximum Gasteiger partial charge on any atom is 0.113 e. The van der Waals surface area contributed by atoms with Gasteiger partial charge in [-0.15, -0.1) is 0 Å². The SMILES string of the molecule is OCC(O)Cn1ccnc1Cc1ccccc1Cl. The fourth-order valence-corrected chi connectivity index (χ4v) is 1.97. The number of hydrogen-bond acceptors (Lipinski definition) is 3. The molecule has 5 heteroatoms. The minimum Gasteiger partial charge on any atom is -0.394 e. The summed E-state index contributed by atoms with van der Waals surface area (Å²) in [6.45, 7) is 0.0694. The summed E-state index contributed by atoms with van der Waals surface area (Å²) in [4.78, 5) is 4.25. The number of rotatable bonds is 5. The van der Waals surface area contributed by atoms with Gasteiger partial charge in [-0.25, -0.2) is 4.98 Å². The molecule has 18 heavy (non-hydrogen) atoms. The van der Waals surface area contributed by atoms with E-state index in [9.17, 15) is 5.11 Å². The Balaban J connectivity index is 2.15. The Bertz CT molecular complexity index is 513. The van der Waals surface area contributed by atoms with E-state index in [0.717, 1.165) is 11.4 Å². The zero-order valence-corrected chi connectivity index (χ0v) is 10.6. The number of nitrogens with zero attached hydrogens (tertiary/aromatic N) is 2. The third-order valence-electron chi connectivity index (χ3n) is 2.73. The zero-order chi connectivity index (χ0) is 13.0. The van der Waals surface area contributed by atoms with Crippen LogP contribution in [-0.2, 0) is 13.0 Å². The lowest BCUT2D eigenvalue weighted by atomic mass is 10.1. The first-order valence-electron chi connectivity index (χ1n) is 5.73. The summed E-state index contributed by atoms with van der Waals surface area (Å²) >= 11 is 6.10. The van der Waals surface area contributed by atoms with Gasteiger partial charge in [-0.3, -0.25) is 0 Å². The van der Waals surface area contributed by atoms with Crippen molar-refractivity contribution in [3.8, 4) is 0 Å². The van der Waals surface area contributed by atoms with E-state index in [1.54, 1.807) is 12.4 Å². The summed E-state index contributed by atoms with van der Waals surface area (Å²) in [6.07, 6.45) is 3.29. The van der Waals surface area contributed by atoms with E-state index in [-0.39, 0.29) is 6.61 Å². The molecule has 2 rings (SSSR count). The topological polar surface area (TPSA) is 58.3 Å². The molecular weight excluding hydrogens is 252 g/mol. The van der Waals surface area contributed by atoms with Crippen LogP contribution >= 0.6 is 11.6 Å². The quantitative estimate of drug-likeness (QED) is 0.862. The summed E-state index contributed by atoms with van der Waals surface area (Å²) in [5.41, 5.74) is 0.991. The third kappa shape index (κ3) is 3.10. The average Bonchev–Trinajstić information content (AvgIpc) is 2.79. The lowest BCUT2D eigenvalue weighted by molar-refractivity contribution is 0.0806. The van der Waals surface area contributed by atoms with Gasteiger partial charge in [-0.05, 0) is 11.6 Å². The van der Waals surface area contributed by atoms with Crippen LogP contribution in [0.3, 0.4) is 0 Å². The lowest BCUT2D eigenvalue weighted by Gasteiger charge is -2.11. The minimum absolute atomic E-state index is 0.260. The molecule has 0 radical (unpaired) electrons. The molecule has 0 saturated heterocycles. The normalized spacial score (nSPS) is 12.6. The Morgan fingerprint density at radius 3 is 2.83 bits per heavy atom. The average molecular weight is 267 g/mol. The number of aliphatic hydroxyl groups is 2. The van der Waals surface area contributed by atoms with Crippen LogP contribution in [0.25, 0.3) is 0 Å². The maximum absolute atomic E-state index is 9.45. The highest BCUT2D eigenvalue weighted by molar-refractivity contribution is 6.31. The van der Waals surface area contributed by atoms with Crippen LogP contribution in [0.15, 0.2) is 36.7 Å². The van der Waals surface area contributed by atoms with Crippen LogP contribution in [-0.4, -0.2) is 32.5 Å². The molecule has 0 saturated carbocycles. The molecule has 0 bridgehead atoms. The lowest BCUT2D eigenvalue weighted by Crippen LogP contribution is -2.20. The van der Waals surface area contributed by atoms with Crippen molar-refractivity contribution >= 4 is 11.6 Å². The van der Waals surface area contributed by atoms with Crippen LogP contribution in [0.4, 0.5) is 0 Å². The number of aliphatic hydroxyl groups excluding tert-OH is 2. The van der Waals surface area contributed by atoms with Crippen molar-refractivity contribution in [1.82, 2.24) is 9.55 Å². The zero-order valence-electron chi connectivity index (χ0n) is 9.83. The summed E-state index contributed by atoms with van der Waals surface area (Å²) in [7, 11) is 0. The molecule has 4 nitrogen and oxygen atoms in total. The van der Waals surface area contributed by atoms with Gasteiger partial charge in [0, 0.05) is 23.8 Å². The Labute approximate surface area is 110 Å². The first-order chi connectivity index (χ1) is 8.70. The van der Waals surface area contributed by atoms with Gasteiger partial charge in [0.2, 0.25) is 0 Å². The molecule has 2 aromatic rings. The predicted octanol–water partition coefficient (Wildman–Crippen LogP) is 1.48. The highest BCUT2D eigenvalue weighted by Gasteiger charge is 2.09. The Hall–Kier alpha value is -1.36. The van der Waals surface area contributed by atoms with Crippen LogP contribution in [0.2, 0.25) is 5.02 Å². The number of aromatic nitrogens is 2. The van der Waals surface area contributed by atoms with Gasteiger partial charge in [-0.2, -0.15) is 0 Å². The van der Waals surface area contributed by atoms with Gasteiger partial charge in [-0.1, -0.05) is 29.8 Å². The maximum atomic E-state index is 9.45. The predicted molar refractivity (Wildman–Crippen MR) is 69.6 cm³/mol. The molecule has 1 aromatic heterocycles. The van der Waals surface area contributed by atoms with E-state index in [4.69, 9.17) is 16.7 Å². The molecular formula is C13H15ClN2O2. The summed E-state index contributed by atoms with van der Waals surface area (Å²) in [5, 5.41) is 19.0. The molecule has 0 aliphatic rings. The number of halogens is 1. The standard InChI is InChI=1S/C13H15ClN2O2/c14-12-4-2-1-3-10(12)7-13-15-5-6-16(13)8-11(18)9-17/h1-6,11,17-18H,7-9H2. The molecule has 1 aromatic carbocycles. The largest absolute Gasteiger partial charge is 0.394 e. The van der Waals surface area contributed by atoms with Gasteiger partial charge >= 0.3 is 0 Å². The van der Waals surface area contributed by atoms with Gasteiger partial charge in [0.05, 0.1) is 19.3 Å². The van der Waals surface area contributed by atoms with Crippen molar-refractivity contribution in [2.24, 2.45) is 0 Å². The fourth-order valence-electron chi connectivity index (χ4n) is 1.77. The van der Waals surface area contributed by atoms with Crippen LogP contribution < -0.4 is 0 Å². The molecule has 2 N–H and O–H groups in total. The van der Waals surface area contributed by atoms with E-state index in [2.05, 4.69) is 4.98 Å². The summed E-state index contributed by atoms with van der Waals surface area (Å²) in [5.74, 6) is 0.815. The van der Waals surface area contributed by atoms with Crippen LogP contribution in [0.5, 0.6) is 0 Å². The van der Waals surface area contributed by atoms with Crippen molar-refractivity contribution in [3.05, 3.63) is 53.1 Å². The van der Waals surface area contributed by atoms with Crippen molar-refractivity contribution < 1.29 is 10.2 Å². The molecule has 0 amide bonds. The Morgan fingerprint density at radius 2 is 2.11 bits per heavy atom. The second-order valence-electron chi connectivity index (χ2n) is 4.10. The first kappa shape index (κ1) is 13.1. The van der Waals surface area contributed by atoms with Crippen molar-refractivity contribution in [2.45, 2.75) is 19.1 Å². The van der Waals surface area contributed by atoms with Crippen molar-refractivity contribution in [3.63, 3.8) is 0 Å². The molecule has 1 atom stereocenters. The van der Waals surface area contributed by atoms with Crippen LogP contribution in [0, 0.1) is 0 Å². The Morgan fingerprint density at radius 1 is 1.33 bits per heavy atom. The van der Waals surface area contributed by atoms with E-state index in [1.807, 2.05) is 28.8 Å². The van der Waals surface area contributed by atoms with Crippen LogP contribution in [0.1, 0.15) is 11.4 Å². The highest BCUT2D eigenvalue weighted by Crippen LogP contribution is 2.18. The van der Waals surface area contributed by atoms with Gasteiger partial charge < -0.3 is 14.8 Å². The first-order valence-corrected chi connectivity index (χ1v) is 6.11. The molecule has 0 spiro atoms. The molecule has 0 aliphatic carbocycles. The Kier molecular flexibility index (Phi) is 4.36. The van der Waals surface area contributed by atoms with Gasteiger partial charge in [0.25, 0.3) is 0 Å². The monoisotopic (exact) mass is 266 g/mol. The smallest absolute Gasteiger partial charge is 0.113 e. The number of imidazole rings is 1. The fraction of sp³-hybridized carbons (Fsp3) is 0.308. The van der Waals surface area contributed by atoms with E-state index >= 15 is 0 Å². The second-order valence-corrected chi connectivity index (χ2v) is 4.51. The molecule has 0 aliphatic heterocycles. The molecule has 0 fully saturated rings. The molecule has 96 valence electrons. The minimum atomic E-state index is -0.774. The number of benzene rings is 1. The summed E-state index contributed by atoms with van der Waals surface area (Å²) in [6, 6.07) is 7.60. The molecule has 1 heterocycles. The molecule has 1 unspecified atom stereocenters. The van der Waals surface area contributed by atoms with Gasteiger partial charge in [0.15, 0.2) is 0 Å². The van der Waals surface area contributed by atoms with Gasteiger partial charge in [0.1, 0.15) is 5.82 Å². The van der Waals surface area contributed by atoms with Crippen molar-refractivity contribution in [1.29, 1.82) is 0 Å². The van der Waals surface area contributed by atoms with Crippen molar-refractivity contribution in [2.75, 3.05) is 6.61 Å². The van der Waals surface area contributed by atoms with E-state index in [0.29, 0.717) is 18.0 Å². The summed E-state index contributed by atoms with van der Waals surface area (Å²) < 4.78 is 1.82. The van der Waals surface area contributed by atoms with E-state index < -0.39 is 6.10 Å². The third-order valence-corrected chi connectivity index (χ3v) is 3.10.